The Balaban J connectivity index is 1.71. The van der Waals surface area contributed by atoms with E-state index in [0.717, 1.165) is 48.4 Å². The second kappa shape index (κ2) is 11.3. The Kier molecular flexibility index (Phi) is 8.51. The Morgan fingerprint density at radius 1 is 1.16 bits per heavy atom. The number of hydrogen-bond acceptors (Lipinski definition) is 3. The predicted octanol–water partition coefficient (Wildman–Crippen LogP) is 4.97. The number of halogens is 1. The largest absolute Gasteiger partial charge is 0.493 e. The first-order valence-electron chi connectivity index (χ1n) is 11.5. The highest BCUT2D eigenvalue weighted by Crippen LogP contribution is 2.19. The third-order valence-corrected chi connectivity index (χ3v) is 5.88. The number of carbonyl (C=O) groups is 1. The lowest BCUT2D eigenvalue weighted by atomic mass is 10.1. The van der Waals surface area contributed by atoms with Crippen molar-refractivity contribution in [3.63, 3.8) is 0 Å². The van der Waals surface area contributed by atoms with E-state index in [1.165, 1.54) is 12.1 Å². The van der Waals surface area contributed by atoms with Crippen LogP contribution in [0.1, 0.15) is 43.4 Å². The summed E-state index contributed by atoms with van der Waals surface area (Å²) in [6.07, 6.45) is 1.90. The van der Waals surface area contributed by atoms with Gasteiger partial charge in [-0.3, -0.25) is 0 Å². The van der Waals surface area contributed by atoms with Crippen LogP contribution in [0.5, 0.6) is 5.75 Å². The van der Waals surface area contributed by atoms with Crippen molar-refractivity contribution in [3.05, 3.63) is 65.0 Å². The van der Waals surface area contributed by atoms with Crippen LogP contribution in [-0.2, 0) is 13.1 Å². The molecule has 0 saturated carbocycles. The molecule has 2 aromatic rings. The molecule has 5 nitrogen and oxygen atoms in total. The Morgan fingerprint density at radius 3 is 2.47 bits per heavy atom. The molecular formula is C26H36FN3O2. The highest BCUT2D eigenvalue weighted by atomic mass is 19.1. The van der Waals surface area contributed by atoms with E-state index >= 15 is 0 Å². The Labute approximate surface area is 191 Å². The summed E-state index contributed by atoms with van der Waals surface area (Å²) in [7, 11) is 2.11. The summed E-state index contributed by atoms with van der Waals surface area (Å²) < 4.78 is 19.3. The number of ether oxygens (including phenoxy) is 1. The minimum Gasteiger partial charge on any atom is -0.493 e. The fraction of sp³-hybridized carbons (Fsp3) is 0.500. The minimum atomic E-state index is -0.259. The monoisotopic (exact) mass is 441 g/mol. The van der Waals surface area contributed by atoms with Gasteiger partial charge in [-0.05, 0) is 86.8 Å². The van der Waals surface area contributed by atoms with Gasteiger partial charge in [-0.1, -0.05) is 32.0 Å². The summed E-state index contributed by atoms with van der Waals surface area (Å²) in [4.78, 5) is 17.3. The Bertz CT molecular complexity index is 877. The van der Waals surface area contributed by atoms with Gasteiger partial charge in [0, 0.05) is 19.1 Å². The van der Waals surface area contributed by atoms with Crippen molar-refractivity contribution < 1.29 is 13.9 Å². The van der Waals surface area contributed by atoms with Gasteiger partial charge >= 0.3 is 6.03 Å². The quantitative estimate of drug-likeness (QED) is 0.629. The normalized spacial score (nSPS) is 15.1. The summed E-state index contributed by atoms with van der Waals surface area (Å²) in [6.45, 7) is 9.66. The van der Waals surface area contributed by atoms with Crippen molar-refractivity contribution in [2.45, 2.75) is 52.7 Å². The molecule has 0 bridgehead atoms. The first-order valence-corrected chi connectivity index (χ1v) is 11.5. The van der Waals surface area contributed by atoms with Gasteiger partial charge in [0.1, 0.15) is 11.6 Å². The molecule has 2 aromatic carbocycles. The number of piperidine rings is 1. The average Bonchev–Trinajstić information content (AvgIpc) is 2.76. The summed E-state index contributed by atoms with van der Waals surface area (Å²) >= 11 is 0. The molecule has 0 spiro atoms. The van der Waals surface area contributed by atoms with Crippen LogP contribution < -0.4 is 10.1 Å². The highest BCUT2D eigenvalue weighted by Gasteiger charge is 2.22. The first-order chi connectivity index (χ1) is 15.3. The number of amides is 2. The van der Waals surface area contributed by atoms with Crippen molar-refractivity contribution in [1.82, 2.24) is 15.1 Å². The Hall–Kier alpha value is -2.60. The lowest BCUT2D eigenvalue weighted by Gasteiger charge is -2.32. The zero-order valence-electron chi connectivity index (χ0n) is 19.7. The van der Waals surface area contributed by atoms with Crippen LogP contribution in [0.2, 0.25) is 0 Å². The maximum Gasteiger partial charge on any atom is 0.318 e. The lowest BCUT2D eigenvalue weighted by Crippen LogP contribution is -2.48. The molecule has 1 aliphatic rings. The number of aryl methyl sites for hydroxylation is 1. The molecule has 1 aliphatic heterocycles. The summed E-state index contributed by atoms with van der Waals surface area (Å²) in [5.41, 5.74) is 2.82. The molecule has 1 N–H and O–H groups in total. The van der Waals surface area contributed by atoms with Gasteiger partial charge in [0.2, 0.25) is 0 Å². The first kappa shape index (κ1) is 24.1. The van der Waals surface area contributed by atoms with Crippen molar-refractivity contribution in [1.29, 1.82) is 0 Å². The molecule has 6 heteroatoms. The number of urea groups is 1. The molecule has 0 atom stereocenters. The number of benzene rings is 2. The van der Waals surface area contributed by atoms with Crippen LogP contribution in [0.25, 0.3) is 0 Å². The number of rotatable bonds is 8. The van der Waals surface area contributed by atoms with Crippen molar-refractivity contribution >= 4 is 6.03 Å². The zero-order valence-corrected chi connectivity index (χ0v) is 19.7. The lowest BCUT2D eigenvalue weighted by molar-refractivity contribution is 0.176. The Morgan fingerprint density at radius 2 is 1.84 bits per heavy atom. The van der Waals surface area contributed by atoms with Crippen LogP contribution in [0.4, 0.5) is 9.18 Å². The number of hydrogen-bond donors (Lipinski definition) is 1. The topological polar surface area (TPSA) is 44.8 Å². The van der Waals surface area contributed by atoms with E-state index in [0.29, 0.717) is 25.6 Å². The van der Waals surface area contributed by atoms with Crippen LogP contribution in [0, 0.1) is 18.7 Å². The fourth-order valence-corrected chi connectivity index (χ4v) is 3.84. The summed E-state index contributed by atoms with van der Waals surface area (Å²) in [6, 6.07) is 12.8. The van der Waals surface area contributed by atoms with Gasteiger partial charge in [-0.25, -0.2) is 9.18 Å². The second-order valence-electron chi connectivity index (χ2n) is 9.30. The number of nitrogens with one attached hydrogen (secondary N) is 1. The van der Waals surface area contributed by atoms with E-state index in [4.69, 9.17) is 4.74 Å². The molecule has 1 saturated heterocycles. The fourth-order valence-electron chi connectivity index (χ4n) is 3.84. The van der Waals surface area contributed by atoms with E-state index in [2.05, 4.69) is 31.1 Å². The molecule has 174 valence electrons. The molecule has 1 heterocycles. The van der Waals surface area contributed by atoms with E-state index in [-0.39, 0.29) is 17.9 Å². The smallest absolute Gasteiger partial charge is 0.318 e. The molecule has 1 fully saturated rings. The highest BCUT2D eigenvalue weighted by molar-refractivity contribution is 5.74. The molecule has 0 unspecified atom stereocenters. The molecule has 0 radical (unpaired) electrons. The molecule has 3 rings (SSSR count). The van der Waals surface area contributed by atoms with Crippen molar-refractivity contribution in [2.24, 2.45) is 5.92 Å². The molecule has 32 heavy (non-hydrogen) atoms. The van der Waals surface area contributed by atoms with Gasteiger partial charge in [0.25, 0.3) is 0 Å². The SMILES string of the molecule is Cc1cc(F)ccc1CN(Cc1ccc(OCC(C)C)cc1)C(=O)NC1CCN(C)CC1. The third kappa shape index (κ3) is 7.23. The maximum absolute atomic E-state index is 13.6. The van der Waals surface area contributed by atoms with Crippen LogP contribution in [0.15, 0.2) is 42.5 Å². The third-order valence-electron chi connectivity index (χ3n) is 5.88. The predicted molar refractivity (Wildman–Crippen MR) is 126 cm³/mol. The number of likely N-dealkylation sites (tertiary alicyclic amines) is 1. The van der Waals surface area contributed by atoms with E-state index in [1.807, 2.05) is 36.1 Å². The zero-order chi connectivity index (χ0) is 23.1. The maximum atomic E-state index is 13.6. The molecule has 0 aromatic heterocycles. The second-order valence-corrected chi connectivity index (χ2v) is 9.30. The van der Waals surface area contributed by atoms with Crippen LogP contribution in [-0.4, -0.2) is 48.6 Å². The summed E-state index contributed by atoms with van der Waals surface area (Å²) in [5.74, 6) is 1.04. The van der Waals surface area contributed by atoms with E-state index in [9.17, 15) is 9.18 Å². The molecule has 0 aliphatic carbocycles. The van der Waals surface area contributed by atoms with E-state index < -0.39 is 0 Å². The van der Waals surface area contributed by atoms with Crippen molar-refractivity contribution in [3.8, 4) is 5.75 Å². The van der Waals surface area contributed by atoms with Crippen molar-refractivity contribution in [2.75, 3.05) is 26.7 Å². The average molecular weight is 442 g/mol. The van der Waals surface area contributed by atoms with Gasteiger partial charge in [-0.15, -0.1) is 0 Å². The van der Waals surface area contributed by atoms with Crippen LogP contribution in [0.3, 0.4) is 0 Å². The summed E-state index contributed by atoms with van der Waals surface area (Å²) in [5, 5.41) is 3.22. The standard InChI is InChI=1S/C26H36FN3O2/c1-19(2)18-32-25-9-5-21(6-10-25)16-30(17-22-7-8-23(27)15-20(22)3)26(31)28-24-11-13-29(4)14-12-24/h5-10,15,19,24H,11-14,16-18H2,1-4H3,(H,28,31). The molecular weight excluding hydrogens is 405 g/mol. The molecule has 2 amide bonds. The van der Waals surface area contributed by atoms with E-state index in [1.54, 1.807) is 6.07 Å². The number of nitrogens with zero attached hydrogens (tertiary/aromatic N) is 2. The number of carbonyl (C=O) groups excluding carboxylic acids is 1. The van der Waals surface area contributed by atoms with Gasteiger partial charge in [0.05, 0.1) is 6.61 Å². The van der Waals surface area contributed by atoms with Gasteiger partial charge in [0.15, 0.2) is 0 Å². The van der Waals surface area contributed by atoms with Gasteiger partial charge < -0.3 is 19.9 Å². The van der Waals surface area contributed by atoms with Crippen LogP contribution >= 0.6 is 0 Å². The minimum absolute atomic E-state index is 0.0802. The van der Waals surface area contributed by atoms with Gasteiger partial charge in [-0.2, -0.15) is 0 Å².